The number of amides is 1. The SMILES string of the molecule is COc1ccc(Br)c(C(=O)N(C)CCCl)c1. The van der Waals surface area contributed by atoms with Crippen LogP contribution in [-0.4, -0.2) is 37.4 Å². The van der Waals surface area contributed by atoms with E-state index in [9.17, 15) is 4.79 Å². The van der Waals surface area contributed by atoms with Crippen molar-refractivity contribution in [3.63, 3.8) is 0 Å². The van der Waals surface area contributed by atoms with E-state index in [0.717, 1.165) is 4.47 Å². The Morgan fingerprint density at radius 1 is 1.56 bits per heavy atom. The summed E-state index contributed by atoms with van der Waals surface area (Å²) < 4.78 is 5.83. The molecule has 1 rings (SSSR count). The lowest BCUT2D eigenvalue weighted by Gasteiger charge is -2.16. The van der Waals surface area contributed by atoms with Crippen molar-refractivity contribution in [1.82, 2.24) is 4.90 Å². The third kappa shape index (κ3) is 3.12. The normalized spacial score (nSPS) is 10.0. The number of hydrogen-bond donors (Lipinski definition) is 0. The van der Waals surface area contributed by atoms with E-state index in [-0.39, 0.29) is 5.91 Å². The fraction of sp³-hybridized carbons (Fsp3) is 0.364. The van der Waals surface area contributed by atoms with E-state index in [1.165, 1.54) is 0 Å². The zero-order valence-corrected chi connectivity index (χ0v) is 11.5. The van der Waals surface area contributed by atoms with Gasteiger partial charge in [-0.3, -0.25) is 4.79 Å². The largest absolute Gasteiger partial charge is 0.497 e. The van der Waals surface area contributed by atoms with Crippen LogP contribution in [-0.2, 0) is 0 Å². The molecule has 0 saturated heterocycles. The van der Waals surface area contributed by atoms with Crippen molar-refractivity contribution in [1.29, 1.82) is 0 Å². The summed E-state index contributed by atoms with van der Waals surface area (Å²) in [5.74, 6) is 1.00. The van der Waals surface area contributed by atoms with Gasteiger partial charge >= 0.3 is 0 Å². The van der Waals surface area contributed by atoms with Crippen molar-refractivity contribution in [2.24, 2.45) is 0 Å². The van der Waals surface area contributed by atoms with Gasteiger partial charge in [-0.15, -0.1) is 11.6 Å². The third-order valence-corrected chi connectivity index (χ3v) is 3.03. The van der Waals surface area contributed by atoms with Crippen LogP contribution in [0.5, 0.6) is 5.75 Å². The quantitative estimate of drug-likeness (QED) is 0.801. The summed E-state index contributed by atoms with van der Waals surface area (Å²) in [7, 11) is 3.29. The minimum atomic E-state index is -0.0774. The highest BCUT2D eigenvalue weighted by atomic mass is 79.9. The van der Waals surface area contributed by atoms with Crippen LogP contribution in [0.2, 0.25) is 0 Å². The van der Waals surface area contributed by atoms with Crippen molar-refractivity contribution in [3.05, 3.63) is 28.2 Å². The highest BCUT2D eigenvalue weighted by molar-refractivity contribution is 9.10. The minimum absolute atomic E-state index is 0.0774. The van der Waals surface area contributed by atoms with E-state index in [4.69, 9.17) is 16.3 Å². The molecule has 0 bridgehead atoms. The minimum Gasteiger partial charge on any atom is -0.497 e. The van der Waals surface area contributed by atoms with Crippen molar-refractivity contribution in [3.8, 4) is 5.75 Å². The van der Waals surface area contributed by atoms with Crippen LogP contribution in [0.15, 0.2) is 22.7 Å². The molecule has 0 fully saturated rings. The van der Waals surface area contributed by atoms with E-state index < -0.39 is 0 Å². The molecule has 0 radical (unpaired) electrons. The third-order valence-electron chi connectivity index (χ3n) is 2.17. The van der Waals surface area contributed by atoms with E-state index in [0.29, 0.717) is 23.7 Å². The van der Waals surface area contributed by atoms with Gasteiger partial charge in [-0.1, -0.05) is 0 Å². The molecule has 1 aromatic rings. The maximum atomic E-state index is 12.0. The van der Waals surface area contributed by atoms with Gasteiger partial charge in [0, 0.05) is 23.9 Å². The summed E-state index contributed by atoms with van der Waals surface area (Å²) in [4.78, 5) is 13.6. The standard InChI is InChI=1S/C11H13BrClNO2/c1-14(6-5-13)11(15)9-7-8(16-2)3-4-10(9)12/h3-4,7H,5-6H2,1-2H3. The molecule has 0 N–H and O–H groups in total. The fourth-order valence-corrected chi connectivity index (χ4v) is 1.90. The molecule has 3 nitrogen and oxygen atoms in total. The van der Waals surface area contributed by atoms with Crippen LogP contribution < -0.4 is 4.74 Å². The Morgan fingerprint density at radius 3 is 2.81 bits per heavy atom. The fourth-order valence-electron chi connectivity index (χ4n) is 1.23. The average Bonchev–Trinajstić information content (AvgIpc) is 2.29. The van der Waals surface area contributed by atoms with Crippen molar-refractivity contribution in [2.45, 2.75) is 0 Å². The second-order valence-electron chi connectivity index (χ2n) is 3.26. The van der Waals surface area contributed by atoms with Crippen LogP contribution in [0.4, 0.5) is 0 Å². The second-order valence-corrected chi connectivity index (χ2v) is 4.49. The molecule has 0 aliphatic heterocycles. The van der Waals surface area contributed by atoms with Gasteiger partial charge in [0.2, 0.25) is 0 Å². The molecule has 0 unspecified atom stereocenters. The molecule has 1 aromatic carbocycles. The van der Waals surface area contributed by atoms with E-state index in [1.54, 1.807) is 37.3 Å². The Kier molecular flexibility index (Phi) is 5.09. The highest BCUT2D eigenvalue weighted by Crippen LogP contribution is 2.23. The number of halogens is 2. The van der Waals surface area contributed by atoms with Gasteiger partial charge in [-0.2, -0.15) is 0 Å². The Balaban J connectivity index is 2.97. The first-order chi connectivity index (χ1) is 7.60. The number of ether oxygens (including phenoxy) is 1. The lowest BCUT2D eigenvalue weighted by molar-refractivity contribution is 0.0802. The molecule has 0 saturated carbocycles. The maximum Gasteiger partial charge on any atom is 0.254 e. The van der Waals surface area contributed by atoms with Gasteiger partial charge in [0.25, 0.3) is 5.91 Å². The molecule has 0 aliphatic carbocycles. The number of carbonyl (C=O) groups is 1. The number of alkyl halides is 1. The summed E-state index contributed by atoms with van der Waals surface area (Å²) >= 11 is 8.94. The summed E-state index contributed by atoms with van der Waals surface area (Å²) in [6.45, 7) is 0.518. The number of carbonyl (C=O) groups excluding carboxylic acids is 1. The topological polar surface area (TPSA) is 29.5 Å². The first-order valence-corrected chi connectivity index (χ1v) is 6.08. The van der Waals surface area contributed by atoms with Gasteiger partial charge < -0.3 is 9.64 Å². The van der Waals surface area contributed by atoms with Crippen molar-refractivity contribution < 1.29 is 9.53 Å². The first kappa shape index (κ1) is 13.3. The summed E-state index contributed by atoms with van der Waals surface area (Å²) in [5.41, 5.74) is 0.576. The lowest BCUT2D eigenvalue weighted by Crippen LogP contribution is -2.28. The summed E-state index contributed by atoms with van der Waals surface area (Å²) in [6.07, 6.45) is 0. The molecule has 0 aromatic heterocycles. The Labute approximate surface area is 108 Å². The van der Waals surface area contributed by atoms with Crippen molar-refractivity contribution >= 4 is 33.4 Å². The van der Waals surface area contributed by atoms with Gasteiger partial charge in [0.15, 0.2) is 0 Å². The Hall–Kier alpha value is -0.740. The van der Waals surface area contributed by atoms with Gasteiger partial charge in [-0.25, -0.2) is 0 Å². The first-order valence-electron chi connectivity index (χ1n) is 4.75. The predicted molar refractivity (Wildman–Crippen MR) is 68.4 cm³/mol. The lowest BCUT2D eigenvalue weighted by atomic mass is 10.2. The van der Waals surface area contributed by atoms with Crippen LogP contribution in [0.3, 0.4) is 0 Å². The number of rotatable bonds is 4. The molecule has 0 aliphatic rings. The second kappa shape index (κ2) is 6.11. The zero-order chi connectivity index (χ0) is 12.1. The molecule has 88 valence electrons. The Morgan fingerprint density at radius 2 is 2.25 bits per heavy atom. The molecule has 1 amide bonds. The summed E-state index contributed by atoms with van der Waals surface area (Å²) in [5, 5.41) is 0. The highest BCUT2D eigenvalue weighted by Gasteiger charge is 2.15. The number of nitrogens with zero attached hydrogens (tertiary/aromatic N) is 1. The molecule has 0 atom stereocenters. The van der Waals surface area contributed by atoms with Gasteiger partial charge in [-0.05, 0) is 34.1 Å². The van der Waals surface area contributed by atoms with E-state index in [1.807, 2.05) is 0 Å². The van der Waals surface area contributed by atoms with Gasteiger partial charge in [0.05, 0.1) is 12.7 Å². The molecular weight excluding hydrogens is 293 g/mol. The van der Waals surface area contributed by atoms with Crippen LogP contribution in [0.1, 0.15) is 10.4 Å². The molecule has 0 heterocycles. The Bertz CT molecular complexity index is 384. The molecular formula is C11H13BrClNO2. The number of methoxy groups -OCH3 is 1. The number of hydrogen-bond acceptors (Lipinski definition) is 2. The summed E-state index contributed by atoms with van der Waals surface area (Å²) in [6, 6.07) is 5.29. The molecule has 16 heavy (non-hydrogen) atoms. The molecule has 0 spiro atoms. The molecule has 5 heteroatoms. The van der Waals surface area contributed by atoms with E-state index in [2.05, 4.69) is 15.9 Å². The maximum absolute atomic E-state index is 12.0. The monoisotopic (exact) mass is 305 g/mol. The predicted octanol–water partition coefficient (Wildman–Crippen LogP) is 2.77. The van der Waals surface area contributed by atoms with Crippen LogP contribution >= 0.6 is 27.5 Å². The smallest absolute Gasteiger partial charge is 0.254 e. The van der Waals surface area contributed by atoms with Crippen LogP contribution in [0.25, 0.3) is 0 Å². The zero-order valence-electron chi connectivity index (χ0n) is 9.17. The van der Waals surface area contributed by atoms with E-state index >= 15 is 0 Å². The number of benzene rings is 1. The van der Waals surface area contributed by atoms with Crippen molar-refractivity contribution in [2.75, 3.05) is 26.6 Å². The van der Waals surface area contributed by atoms with Gasteiger partial charge in [0.1, 0.15) is 5.75 Å². The van der Waals surface area contributed by atoms with Crippen LogP contribution in [0, 0.1) is 0 Å². The average molecular weight is 307 g/mol.